The molecule has 0 bridgehead atoms. The number of anilines is 3. The summed E-state index contributed by atoms with van der Waals surface area (Å²) < 4.78 is 29.4. The van der Waals surface area contributed by atoms with Gasteiger partial charge in [-0.15, -0.1) is 0 Å². The molecule has 3 aromatic heterocycles. The molecule has 0 unspecified atom stereocenters. The molecule has 4 heterocycles. The van der Waals surface area contributed by atoms with Crippen LogP contribution in [0.2, 0.25) is 0 Å². The molecule has 192 valence electrons. The van der Waals surface area contributed by atoms with Crippen molar-refractivity contribution in [1.82, 2.24) is 15.0 Å². The standard InChI is InChI=1S/C27H27F2N5O3/c1-27(2,37)17-14-31-26(36)24-21(12-20(33-25(17)24)23-18(28)4-3-5-19(23)29)32-22-7-6-15(13-30-22)34-10-8-16(35)9-11-34/h3-7,12-14,16,35,37H,8-11H2,1-2H3,(H,31,36)(H,30,32,33). The van der Waals surface area contributed by atoms with Gasteiger partial charge >= 0.3 is 0 Å². The lowest BCUT2D eigenvalue weighted by molar-refractivity contribution is 0.0796. The Balaban J connectivity index is 1.62. The van der Waals surface area contributed by atoms with Crippen molar-refractivity contribution in [2.75, 3.05) is 23.3 Å². The van der Waals surface area contributed by atoms with Crippen LogP contribution in [0.15, 0.2) is 53.6 Å². The minimum absolute atomic E-state index is 0.0369. The largest absolute Gasteiger partial charge is 0.393 e. The summed E-state index contributed by atoms with van der Waals surface area (Å²) >= 11 is 0. The van der Waals surface area contributed by atoms with E-state index < -0.39 is 22.8 Å². The van der Waals surface area contributed by atoms with Gasteiger partial charge < -0.3 is 25.4 Å². The molecule has 1 aliphatic rings. The van der Waals surface area contributed by atoms with Gasteiger partial charge in [-0.3, -0.25) is 4.79 Å². The highest BCUT2D eigenvalue weighted by molar-refractivity contribution is 5.96. The number of nitrogens with zero attached hydrogens (tertiary/aromatic N) is 3. The lowest BCUT2D eigenvalue weighted by Gasteiger charge is -2.31. The van der Waals surface area contributed by atoms with Crippen molar-refractivity contribution in [1.29, 1.82) is 0 Å². The second kappa shape index (κ2) is 9.53. The molecule has 0 atom stereocenters. The number of benzene rings is 1. The Labute approximate surface area is 211 Å². The number of fused-ring (bicyclic) bond motifs is 1. The zero-order valence-corrected chi connectivity index (χ0v) is 20.4. The summed E-state index contributed by atoms with van der Waals surface area (Å²) in [5.74, 6) is -1.20. The van der Waals surface area contributed by atoms with E-state index in [1.807, 2.05) is 6.07 Å². The van der Waals surface area contributed by atoms with Gasteiger partial charge in [0.2, 0.25) is 0 Å². The molecule has 1 aromatic carbocycles. The van der Waals surface area contributed by atoms with Crippen LogP contribution < -0.4 is 15.8 Å². The number of halogens is 2. The minimum Gasteiger partial charge on any atom is -0.393 e. The number of piperidine rings is 1. The topological polar surface area (TPSA) is 114 Å². The molecular formula is C27H27F2N5O3. The number of aromatic nitrogens is 3. The first kappa shape index (κ1) is 24.8. The number of aliphatic hydroxyl groups excluding tert-OH is 1. The number of pyridine rings is 3. The summed E-state index contributed by atoms with van der Waals surface area (Å²) in [7, 11) is 0. The van der Waals surface area contributed by atoms with E-state index in [9.17, 15) is 23.8 Å². The van der Waals surface area contributed by atoms with Gasteiger partial charge in [0.1, 0.15) is 17.5 Å². The second-order valence-electron chi connectivity index (χ2n) is 9.71. The Kier molecular flexibility index (Phi) is 6.38. The maximum Gasteiger partial charge on any atom is 0.259 e. The van der Waals surface area contributed by atoms with E-state index in [1.165, 1.54) is 32.2 Å². The maximum atomic E-state index is 14.7. The maximum absolute atomic E-state index is 14.7. The van der Waals surface area contributed by atoms with E-state index >= 15 is 0 Å². The highest BCUT2D eigenvalue weighted by Gasteiger charge is 2.25. The fourth-order valence-corrected chi connectivity index (χ4v) is 4.59. The van der Waals surface area contributed by atoms with E-state index in [-0.39, 0.29) is 34.0 Å². The summed E-state index contributed by atoms with van der Waals surface area (Å²) in [5, 5.41) is 23.7. The molecule has 1 fully saturated rings. The Morgan fingerprint density at radius 1 is 1.14 bits per heavy atom. The van der Waals surface area contributed by atoms with Crippen LogP contribution >= 0.6 is 0 Å². The van der Waals surface area contributed by atoms with Gasteiger partial charge in [-0.25, -0.2) is 18.7 Å². The molecule has 5 rings (SSSR count). The molecule has 4 N–H and O–H groups in total. The van der Waals surface area contributed by atoms with E-state index in [0.717, 1.165) is 30.9 Å². The molecule has 4 aromatic rings. The smallest absolute Gasteiger partial charge is 0.259 e. The van der Waals surface area contributed by atoms with Crippen molar-refractivity contribution in [2.45, 2.75) is 38.4 Å². The molecular weight excluding hydrogens is 480 g/mol. The Bertz CT molecular complexity index is 1490. The van der Waals surface area contributed by atoms with E-state index in [4.69, 9.17) is 0 Å². The zero-order valence-electron chi connectivity index (χ0n) is 20.4. The number of H-pyrrole nitrogens is 1. The van der Waals surface area contributed by atoms with Crippen LogP contribution in [0.1, 0.15) is 32.3 Å². The SMILES string of the molecule is CC(C)(O)c1c[nH]c(=O)c2c(Nc3ccc(N4CCC(O)CC4)cn3)cc(-c3c(F)cccc3F)nc12. The normalized spacial score (nSPS) is 14.8. The number of rotatable bonds is 5. The number of hydrogen-bond donors (Lipinski definition) is 4. The summed E-state index contributed by atoms with van der Waals surface area (Å²) in [6, 6.07) is 8.53. The third kappa shape index (κ3) is 4.90. The molecule has 0 spiro atoms. The molecule has 0 aliphatic carbocycles. The van der Waals surface area contributed by atoms with Crippen LogP contribution in [0, 0.1) is 11.6 Å². The molecule has 1 aliphatic heterocycles. The third-order valence-electron chi connectivity index (χ3n) is 6.57. The van der Waals surface area contributed by atoms with Gasteiger partial charge in [-0.2, -0.15) is 0 Å². The van der Waals surface area contributed by atoms with Gasteiger partial charge in [0, 0.05) is 24.8 Å². The summed E-state index contributed by atoms with van der Waals surface area (Å²) in [4.78, 5) is 26.6. The van der Waals surface area contributed by atoms with Gasteiger partial charge in [0.25, 0.3) is 5.56 Å². The van der Waals surface area contributed by atoms with Crippen LogP contribution in [0.3, 0.4) is 0 Å². The molecule has 37 heavy (non-hydrogen) atoms. The second-order valence-corrected chi connectivity index (χ2v) is 9.71. The molecule has 0 saturated carbocycles. The van der Waals surface area contributed by atoms with Crippen LogP contribution in [0.4, 0.5) is 26.0 Å². The summed E-state index contributed by atoms with van der Waals surface area (Å²) in [5.41, 5.74) is -0.732. The molecule has 1 saturated heterocycles. The fourth-order valence-electron chi connectivity index (χ4n) is 4.59. The van der Waals surface area contributed by atoms with Gasteiger partial charge in [-0.1, -0.05) is 6.07 Å². The summed E-state index contributed by atoms with van der Waals surface area (Å²) in [6.45, 7) is 4.50. The quantitative estimate of drug-likeness (QED) is 0.320. The van der Waals surface area contributed by atoms with Crippen molar-refractivity contribution in [3.05, 3.63) is 76.3 Å². The number of aliphatic hydroxyl groups is 2. The lowest BCUT2D eigenvalue weighted by atomic mass is 9.96. The first-order valence-corrected chi connectivity index (χ1v) is 12.0. The Hall–Kier alpha value is -3.89. The van der Waals surface area contributed by atoms with Gasteiger partial charge in [0.15, 0.2) is 0 Å². The van der Waals surface area contributed by atoms with E-state index in [0.29, 0.717) is 24.2 Å². The van der Waals surface area contributed by atoms with Crippen LogP contribution in [0.25, 0.3) is 22.2 Å². The number of hydrogen-bond acceptors (Lipinski definition) is 7. The average Bonchev–Trinajstić information content (AvgIpc) is 2.84. The predicted molar refractivity (Wildman–Crippen MR) is 138 cm³/mol. The van der Waals surface area contributed by atoms with Gasteiger partial charge in [0.05, 0.1) is 51.4 Å². The van der Waals surface area contributed by atoms with Crippen molar-refractivity contribution < 1.29 is 19.0 Å². The molecule has 10 heteroatoms. The molecule has 0 radical (unpaired) electrons. The van der Waals surface area contributed by atoms with E-state index in [1.54, 1.807) is 12.3 Å². The monoisotopic (exact) mass is 507 g/mol. The zero-order chi connectivity index (χ0) is 26.3. The first-order valence-electron chi connectivity index (χ1n) is 12.0. The fraction of sp³-hybridized carbons (Fsp3) is 0.296. The number of nitrogens with one attached hydrogen (secondary N) is 2. The van der Waals surface area contributed by atoms with Crippen molar-refractivity contribution in [3.63, 3.8) is 0 Å². The predicted octanol–water partition coefficient (Wildman–Crippen LogP) is 4.20. The number of aromatic amines is 1. The molecule has 8 nitrogen and oxygen atoms in total. The summed E-state index contributed by atoms with van der Waals surface area (Å²) in [6.07, 6.45) is 4.12. The van der Waals surface area contributed by atoms with Crippen molar-refractivity contribution in [3.8, 4) is 11.3 Å². The third-order valence-corrected chi connectivity index (χ3v) is 6.57. The highest BCUT2D eigenvalue weighted by Crippen LogP contribution is 2.35. The van der Waals surface area contributed by atoms with Crippen molar-refractivity contribution >= 4 is 28.1 Å². The first-order chi connectivity index (χ1) is 17.6. The highest BCUT2D eigenvalue weighted by atomic mass is 19.1. The lowest BCUT2D eigenvalue weighted by Crippen LogP contribution is -2.35. The molecule has 0 amide bonds. The Morgan fingerprint density at radius 2 is 1.84 bits per heavy atom. The average molecular weight is 508 g/mol. The van der Waals surface area contributed by atoms with Crippen LogP contribution in [-0.2, 0) is 5.60 Å². The van der Waals surface area contributed by atoms with Crippen molar-refractivity contribution in [2.24, 2.45) is 0 Å². The van der Waals surface area contributed by atoms with E-state index in [2.05, 4.69) is 25.2 Å². The van der Waals surface area contributed by atoms with Crippen LogP contribution in [-0.4, -0.2) is 44.4 Å². The van der Waals surface area contributed by atoms with Crippen LogP contribution in [0.5, 0.6) is 0 Å². The van der Waals surface area contributed by atoms with Gasteiger partial charge in [-0.05, 0) is 57.0 Å². The minimum atomic E-state index is -1.40. The Morgan fingerprint density at radius 3 is 2.46 bits per heavy atom.